The van der Waals surface area contributed by atoms with Crippen molar-refractivity contribution in [2.24, 2.45) is 0 Å². The van der Waals surface area contributed by atoms with Crippen LogP contribution in [-0.2, 0) is 11.2 Å². The fourth-order valence-corrected chi connectivity index (χ4v) is 3.79. The molecule has 1 aliphatic rings. The van der Waals surface area contributed by atoms with Gasteiger partial charge in [-0.15, -0.1) is 0 Å². The van der Waals surface area contributed by atoms with Gasteiger partial charge in [0.1, 0.15) is 41.3 Å². The molecule has 8 nitrogen and oxygen atoms in total. The minimum atomic E-state index is -0.788. The Morgan fingerprint density at radius 1 is 1.36 bits per heavy atom. The largest absolute Gasteiger partial charge is 0.616 e. The van der Waals surface area contributed by atoms with Gasteiger partial charge in [-0.25, -0.2) is 9.97 Å². The van der Waals surface area contributed by atoms with Crippen LogP contribution in [0.1, 0.15) is 11.3 Å². The Hall–Kier alpha value is -2.78. The van der Waals surface area contributed by atoms with Crippen LogP contribution in [0, 0.1) is 5.41 Å². The van der Waals surface area contributed by atoms with Crippen molar-refractivity contribution < 1.29 is 9.66 Å². The average Bonchev–Trinajstić information content (AvgIpc) is 2.96. The van der Waals surface area contributed by atoms with Gasteiger partial charge in [0, 0.05) is 10.9 Å². The van der Waals surface area contributed by atoms with E-state index >= 15 is 0 Å². The highest BCUT2D eigenvalue weighted by Crippen LogP contribution is 2.27. The predicted octanol–water partition coefficient (Wildman–Crippen LogP) is 1.20. The molecule has 0 radical (unpaired) electrons. The van der Waals surface area contributed by atoms with Gasteiger partial charge in [0.25, 0.3) is 0 Å². The molecule has 0 aliphatic carbocycles. The first kappa shape index (κ1) is 15.7. The van der Waals surface area contributed by atoms with Gasteiger partial charge in [-0.3, -0.25) is 5.41 Å². The lowest BCUT2D eigenvalue weighted by Gasteiger charge is -2.30. The number of nitrogen functional groups attached to an aromatic ring is 1. The van der Waals surface area contributed by atoms with Crippen molar-refractivity contribution >= 4 is 39.4 Å². The number of benzene rings is 1. The molecule has 6 N–H and O–H groups in total. The second kappa shape index (κ2) is 5.94. The van der Waals surface area contributed by atoms with E-state index in [2.05, 4.69) is 20.3 Å². The van der Waals surface area contributed by atoms with Crippen molar-refractivity contribution in [1.29, 1.82) is 5.41 Å². The van der Waals surface area contributed by atoms with Crippen molar-refractivity contribution in [2.75, 3.05) is 22.6 Å². The highest BCUT2D eigenvalue weighted by Gasteiger charge is 2.33. The highest BCUT2D eigenvalue weighted by atomic mass is 32.2. The molecule has 0 amide bonds. The number of nitrogens with one attached hydrogen (secondary N) is 3. The Morgan fingerprint density at radius 3 is 2.92 bits per heavy atom. The van der Waals surface area contributed by atoms with Crippen LogP contribution < -0.4 is 11.1 Å². The van der Waals surface area contributed by atoms with E-state index in [4.69, 9.17) is 11.1 Å². The summed E-state index contributed by atoms with van der Waals surface area (Å²) in [4.78, 5) is 11.3. The zero-order valence-electron chi connectivity index (χ0n) is 13.1. The minimum absolute atomic E-state index is 0.0568. The number of aromatic amines is 1. The van der Waals surface area contributed by atoms with Crippen LogP contribution in [0.2, 0.25) is 0 Å². The van der Waals surface area contributed by atoms with Crippen molar-refractivity contribution in [2.45, 2.75) is 6.04 Å². The molecule has 0 bridgehead atoms. The average molecular weight is 356 g/mol. The van der Waals surface area contributed by atoms with Crippen LogP contribution >= 0.6 is 0 Å². The monoisotopic (exact) mass is 356 g/mol. The summed E-state index contributed by atoms with van der Waals surface area (Å²) in [6.45, 7) is 0. The lowest BCUT2D eigenvalue weighted by molar-refractivity contribution is 0.476. The molecule has 1 fully saturated rings. The van der Waals surface area contributed by atoms with Crippen LogP contribution in [0.25, 0.3) is 10.9 Å². The summed E-state index contributed by atoms with van der Waals surface area (Å²) >= 11 is -0.788. The van der Waals surface area contributed by atoms with Crippen LogP contribution in [0.3, 0.4) is 0 Å². The molecule has 3 aromatic rings. The second-order valence-corrected chi connectivity index (χ2v) is 7.47. The van der Waals surface area contributed by atoms with Crippen molar-refractivity contribution in [1.82, 2.24) is 15.0 Å². The fraction of sp³-hybridized carbons (Fsp3) is 0.188. The molecular weight excluding hydrogens is 340 g/mol. The molecule has 0 unspecified atom stereocenters. The smallest absolute Gasteiger partial charge is 0.141 e. The van der Waals surface area contributed by atoms with Gasteiger partial charge >= 0.3 is 0 Å². The number of phenols is 1. The van der Waals surface area contributed by atoms with E-state index < -0.39 is 11.2 Å². The lowest BCUT2D eigenvalue weighted by atomic mass is 10.1. The Balaban J connectivity index is 1.70. The highest BCUT2D eigenvalue weighted by molar-refractivity contribution is 7.92. The van der Waals surface area contributed by atoms with Crippen LogP contribution in [0.15, 0.2) is 30.6 Å². The number of nitrogens with two attached hydrogens (primary N) is 1. The van der Waals surface area contributed by atoms with Crippen molar-refractivity contribution in [3.8, 4) is 5.75 Å². The number of anilines is 2. The molecule has 0 atom stereocenters. The van der Waals surface area contributed by atoms with Gasteiger partial charge in [-0.05, 0) is 35.4 Å². The third-order valence-corrected chi connectivity index (χ3v) is 5.66. The lowest BCUT2D eigenvalue weighted by Crippen LogP contribution is -2.47. The molecular formula is C16H16N6O2S. The molecule has 3 heterocycles. The number of fused-ring (bicyclic) bond motifs is 1. The number of nitrogens with zero attached hydrogens (tertiary/aromatic N) is 2. The van der Waals surface area contributed by atoms with E-state index in [1.54, 1.807) is 24.3 Å². The zero-order chi connectivity index (χ0) is 17.6. The summed E-state index contributed by atoms with van der Waals surface area (Å²) in [7, 11) is 0. The standard InChI is InChI=1S/C16H16N6O2S/c17-14(12-4-8-3-10(23)1-2-11(8)22-12)13-15(18)19-7-20-16(13)21-9-5-25(24)6-9/h1-4,7,9,17,22-23H,5-6H2,(H3,18,19,20,21). The number of phenolic OH excluding ortho intramolecular Hbond substituents is 1. The van der Waals surface area contributed by atoms with Crippen LogP contribution in [-0.4, -0.2) is 47.9 Å². The molecule has 2 aromatic heterocycles. The molecule has 1 aliphatic heterocycles. The fourth-order valence-electron chi connectivity index (χ4n) is 2.82. The quantitative estimate of drug-likeness (QED) is 0.351. The maximum Gasteiger partial charge on any atom is 0.141 e. The maximum atomic E-state index is 11.3. The molecule has 1 saturated heterocycles. The molecule has 25 heavy (non-hydrogen) atoms. The summed E-state index contributed by atoms with van der Waals surface area (Å²) in [5.41, 5.74) is 7.89. The Bertz CT molecular complexity index is 966. The van der Waals surface area contributed by atoms with E-state index in [0.717, 1.165) is 10.9 Å². The number of rotatable bonds is 4. The first-order chi connectivity index (χ1) is 12.0. The first-order valence-corrected chi connectivity index (χ1v) is 9.13. The van der Waals surface area contributed by atoms with Gasteiger partial charge < -0.3 is 25.7 Å². The second-order valence-electron chi connectivity index (χ2n) is 5.93. The summed E-state index contributed by atoms with van der Waals surface area (Å²) in [5, 5.41) is 22.1. The van der Waals surface area contributed by atoms with Gasteiger partial charge in [-0.2, -0.15) is 0 Å². The third-order valence-electron chi connectivity index (χ3n) is 4.12. The summed E-state index contributed by atoms with van der Waals surface area (Å²) < 4.78 is 11.3. The predicted molar refractivity (Wildman–Crippen MR) is 97.6 cm³/mol. The van der Waals surface area contributed by atoms with E-state index in [-0.39, 0.29) is 23.3 Å². The number of H-pyrrole nitrogens is 1. The van der Waals surface area contributed by atoms with Gasteiger partial charge in [-0.1, -0.05) is 0 Å². The summed E-state index contributed by atoms with van der Waals surface area (Å²) in [6.07, 6.45) is 1.34. The van der Waals surface area contributed by atoms with Crippen LogP contribution in [0.5, 0.6) is 5.75 Å². The number of hydrogen-bond donors (Lipinski definition) is 5. The third kappa shape index (κ3) is 2.87. The topological polar surface area (TPSA) is 147 Å². The molecule has 1 aromatic carbocycles. The molecule has 128 valence electrons. The molecule has 9 heteroatoms. The van der Waals surface area contributed by atoms with Crippen LogP contribution in [0.4, 0.5) is 11.6 Å². The van der Waals surface area contributed by atoms with E-state index in [0.29, 0.717) is 28.6 Å². The molecule has 0 saturated carbocycles. The summed E-state index contributed by atoms with van der Waals surface area (Å²) in [6, 6.07) is 6.77. The zero-order valence-corrected chi connectivity index (χ0v) is 13.9. The Labute approximate surface area is 146 Å². The Morgan fingerprint density at radius 2 is 2.16 bits per heavy atom. The van der Waals surface area contributed by atoms with Gasteiger partial charge in [0.2, 0.25) is 0 Å². The normalized spacial score (nSPS) is 19.6. The van der Waals surface area contributed by atoms with Crippen molar-refractivity contribution in [3.63, 3.8) is 0 Å². The number of aromatic nitrogens is 3. The minimum Gasteiger partial charge on any atom is -0.616 e. The van der Waals surface area contributed by atoms with E-state index in [1.165, 1.54) is 6.33 Å². The first-order valence-electron chi connectivity index (χ1n) is 7.64. The number of aromatic hydroxyl groups is 1. The number of hydrogen-bond acceptors (Lipinski definition) is 7. The maximum absolute atomic E-state index is 11.3. The van der Waals surface area contributed by atoms with Gasteiger partial charge in [0.15, 0.2) is 0 Å². The molecule has 0 spiro atoms. The van der Waals surface area contributed by atoms with Gasteiger partial charge in [0.05, 0.1) is 17.0 Å². The van der Waals surface area contributed by atoms with E-state index in [9.17, 15) is 9.66 Å². The summed E-state index contributed by atoms with van der Waals surface area (Å²) in [5.74, 6) is 1.93. The molecule has 4 rings (SSSR count). The SMILES string of the molecule is N=C(c1cc2cc(O)ccc2[nH]1)c1c(N)ncnc1NC1C[S+]([O-])C1. The van der Waals surface area contributed by atoms with E-state index in [1.807, 2.05) is 0 Å². The van der Waals surface area contributed by atoms with Crippen molar-refractivity contribution in [3.05, 3.63) is 41.9 Å². The Kier molecular flexibility index (Phi) is 3.74.